The Labute approximate surface area is 119 Å². The molecule has 108 valence electrons. The van der Waals surface area contributed by atoms with E-state index in [0.717, 1.165) is 0 Å². The van der Waals surface area contributed by atoms with E-state index in [0.29, 0.717) is 24.4 Å². The average molecular weight is 276 g/mol. The van der Waals surface area contributed by atoms with Gasteiger partial charge < -0.3 is 20.1 Å². The first-order valence-electron chi connectivity index (χ1n) is 6.39. The Morgan fingerprint density at radius 2 is 2.15 bits per heavy atom. The molecule has 0 aromatic heterocycles. The predicted molar refractivity (Wildman–Crippen MR) is 78.7 cm³/mol. The molecule has 1 aromatic carbocycles. The van der Waals surface area contributed by atoms with Crippen molar-refractivity contribution in [1.29, 1.82) is 0 Å². The average Bonchev–Trinajstić information content (AvgIpc) is 2.43. The molecule has 0 fully saturated rings. The summed E-state index contributed by atoms with van der Waals surface area (Å²) >= 11 is 0. The highest BCUT2D eigenvalue weighted by Gasteiger charge is 2.09. The number of urea groups is 1. The maximum Gasteiger partial charge on any atom is 0.321 e. The Balaban J connectivity index is 2.47. The number of nitrogens with zero attached hydrogens (tertiary/aromatic N) is 1. The molecule has 0 spiro atoms. The van der Waals surface area contributed by atoms with Gasteiger partial charge in [-0.2, -0.15) is 0 Å². The predicted octanol–water partition coefficient (Wildman–Crippen LogP) is 1.93. The van der Waals surface area contributed by atoms with Crippen LogP contribution < -0.4 is 10.1 Å². The monoisotopic (exact) mass is 276 g/mol. The minimum atomic E-state index is -0.419. The highest BCUT2D eigenvalue weighted by Crippen LogP contribution is 2.15. The minimum absolute atomic E-state index is 0.216. The van der Waals surface area contributed by atoms with Gasteiger partial charge in [0, 0.05) is 19.3 Å². The third-order valence-corrected chi connectivity index (χ3v) is 2.66. The number of carbonyl (C=O) groups is 1. The molecule has 1 unspecified atom stereocenters. The van der Waals surface area contributed by atoms with Gasteiger partial charge in [0.25, 0.3) is 0 Å². The van der Waals surface area contributed by atoms with E-state index in [1.54, 1.807) is 38.2 Å². The third kappa shape index (κ3) is 5.63. The number of hydrogen-bond donors (Lipinski definition) is 2. The summed E-state index contributed by atoms with van der Waals surface area (Å²) in [5.41, 5.74) is 0.673. The van der Waals surface area contributed by atoms with Crippen molar-refractivity contribution in [1.82, 2.24) is 4.90 Å². The van der Waals surface area contributed by atoms with Crippen LogP contribution in [0.3, 0.4) is 0 Å². The van der Waals surface area contributed by atoms with Crippen LogP contribution in [-0.4, -0.2) is 42.3 Å². The second kappa shape index (κ2) is 8.08. The van der Waals surface area contributed by atoms with Gasteiger partial charge in [-0.1, -0.05) is 5.92 Å². The second-order valence-electron chi connectivity index (χ2n) is 4.51. The molecule has 0 heterocycles. The van der Waals surface area contributed by atoms with Gasteiger partial charge in [-0.05, 0) is 37.6 Å². The van der Waals surface area contributed by atoms with Gasteiger partial charge in [0.1, 0.15) is 12.4 Å². The lowest BCUT2D eigenvalue weighted by Crippen LogP contribution is -2.33. The molecule has 0 aliphatic carbocycles. The number of amides is 2. The van der Waals surface area contributed by atoms with Crippen LogP contribution in [0.2, 0.25) is 0 Å². The van der Waals surface area contributed by atoms with E-state index < -0.39 is 6.10 Å². The number of carbonyl (C=O) groups excluding carboxylic acids is 1. The maximum absolute atomic E-state index is 11.9. The fourth-order valence-electron chi connectivity index (χ4n) is 1.46. The van der Waals surface area contributed by atoms with Crippen LogP contribution >= 0.6 is 0 Å². The Kier molecular flexibility index (Phi) is 6.41. The standard InChI is InChI=1S/C15H20N2O3/c1-4-11-20-14-7-5-13(6-8-14)16-15(19)17(3)10-9-12(2)18/h1,5-8,12,18H,9-11H2,2-3H3,(H,16,19). The molecule has 0 aliphatic rings. The molecule has 0 saturated carbocycles. The van der Waals surface area contributed by atoms with Crippen LogP contribution in [0.1, 0.15) is 13.3 Å². The topological polar surface area (TPSA) is 61.8 Å². The van der Waals surface area contributed by atoms with E-state index in [1.165, 1.54) is 4.90 Å². The van der Waals surface area contributed by atoms with Crippen molar-refractivity contribution >= 4 is 11.7 Å². The number of anilines is 1. The number of terminal acetylenes is 1. The number of ether oxygens (including phenoxy) is 1. The number of benzene rings is 1. The van der Waals surface area contributed by atoms with Crippen LogP contribution in [0, 0.1) is 12.3 Å². The van der Waals surface area contributed by atoms with Crippen LogP contribution in [0.15, 0.2) is 24.3 Å². The molecule has 1 atom stereocenters. The summed E-state index contributed by atoms with van der Waals surface area (Å²) in [4.78, 5) is 13.4. The summed E-state index contributed by atoms with van der Waals surface area (Å²) in [6, 6.07) is 6.74. The maximum atomic E-state index is 11.9. The van der Waals surface area contributed by atoms with E-state index in [2.05, 4.69) is 11.2 Å². The van der Waals surface area contributed by atoms with Crippen LogP contribution in [0.5, 0.6) is 5.75 Å². The molecule has 2 amide bonds. The van der Waals surface area contributed by atoms with Crippen molar-refractivity contribution in [2.24, 2.45) is 0 Å². The fourth-order valence-corrected chi connectivity index (χ4v) is 1.46. The lowest BCUT2D eigenvalue weighted by atomic mass is 10.3. The van der Waals surface area contributed by atoms with Crippen molar-refractivity contribution in [3.8, 4) is 18.1 Å². The summed E-state index contributed by atoms with van der Waals surface area (Å²) in [7, 11) is 1.68. The zero-order valence-electron chi connectivity index (χ0n) is 11.8. The van der Waals surface area contributed by atoms with Gasteiger partial charge in [0.05, 0.1) is 6.10 Å². The van der Waals surface area contributed by atoms with Crippen molar-refractivity contribution in [2.45, 2.75) is 19.4 Å². The molecule has 1 aromatic rings. The number of aliphatic hydroxyl groups excluding tert-OH is 1. The molecular weight excluding hydrogens is 256 g/mol. The molecule has 0 bridgehead atoms. The van der Waals surface area contributed by atoms with E-state index >= 15 is 0 Å². The number of rotatable bonds is 6. The van der Waals surface area contributed by atoms with Gasteiger partial charge in [-0.25, -0.2) is 4.79 Å². The lowest BCUT2D eigenvalue weighted by Gasteiger charge is -2.18. The molecule has 5 heteroatoms. The van der Waals surface area contributed by atoms with Crippen LogP contribution in [0.25, 0.3) is 0 Å². The van der Waals surface area contributed by atoms with Crippen molar-refractivity contribution < 1.29 is 14.6 Å². The summed E-state index contributed by atoms with van der Waals surface area (Å²) in [5, 5.41) is 11.9. The molecule has 0 radical (unpaired) electrons. The molecular formula is C15H20N2O3. The highest BCUT2D eigenvalue weighted by molar-refractivity contribution is 5.89. The van der Waals surface area contributed by atoms with Crippen LogP contribution in [0.4, 0.5) is 10.5 Å². The SMILES string of the molecule is C#CCOc1ccc(NC(=O)N(C)CCC(C)O)cc1. The Morgan fingerprint density at radius 3 is 2.70 bits per heavy atom. The highest BCUT2D eigenvalue weighted by atomic mass is 16.5. The zero-order chi connectivity index (χ0) is 15.0. The normalized spacial score (nSPS) is 11.3. The first-order chi connectivity index (χ1) is 9.52. The number of aliphatic hydroxyl groups is 1. The molecule has 2 N–H and O–H groups in total. The second-order valence-corrected chi connectivity index (χ2v) is 4.51. The Hall–Kier alpha value is -2.19. The molecule has 0 aliphatic heterocycles. The molecule has 5 nitrogen and oxygen atoms in total. The molecule has 0 saturated heterocycles. The van der Waals surface area contributed by atoms with E-state index in [9.17, 15) is 9.90 Å². The minimum Gasteiger partial charge on any atom is -0.481 e. The first kappa shape index (κ1) is 15.9. The lowest BCUT2D eigenvalue weighted by molar-refractivity contribution is 0.167. The van der Waals surface area contributed by atoms with Gasteiger partial charge in [0.2, 0.25) is 0 Å². The van der Waals surface area contributed by atoms with E-state index in [-0.39, 0.29) is 12.6 Å². The summed E-state index contributed by atoms with van der Waals surface area (Å²) in [5.74, 6) is 3.04. The van der Waals surface area contributed by atoms with Gasteiger partial charge in [0.15, 0.2) is 0 Å². The van der Waals surface area contributed by atoms with Gasteiger partial charge >= 0.3 is 6.03 Å². The largest absolute Gasteiger partial charge is 0.481 e. The van der Waals surface area contributed by atoms with Crippen molar-refractivity contribution in [2.75, 3.05) is 25.5 Å². The van der Waals surface area contributed by atoms with Crippen molar-refractivity contribution in [3.63, 3.8) is 0 Å². The third-order valence-electron chi connectivity index (χ3n) is 2.66. The molecule has 20 heavy (non-hydrogen) atoms. The Morgan fingerprint density at radius 1 is 1.50 bits per heavy atom. The van der Waals surface area contributed by atoms with Gasteiger partial charge in [-0.15, -0.1) is 6.42 Å². The van der Waals surface area contributed by atoms with E-state index in [1.807, 2.05) is 0 Å². The van der Waals surface area contributed by atoms with E-state index in [4.69, 9.17) is 11.2 Å². The Bertz CT molecular complexity index is 463. The molecule has 1 rings (SSSR count). The number of hydrogen-bond acceptors (Lipinski definition) is 3. The summed E-state index contributed by atoms with van der Waals surface area (Å²) in [6.45, 7) is 2.40. The quantitative estimate of drug-likeness (QED) is 0.780. The van der Waals surface area contributed by atoms with Gasteiger partial charge in [-0.3, -0.25) is 0 Å². The first-order valence-corrected chi connectivity index (χ1v) is 6.39. The zero-order valence-corrected chi connectivity index (χ0v) is 11.8. The smallest absolute Gasteiger partial charge is 0.321 e. The number of nitrogens with one attached hydrogen (secondary N) is 1. The fraction of sp³-hybridized carbons (Fsp3) is 0.400. The van der Waals surface area contributed by atoms with Crippen molar-refractivity contribution in [3.05, 3.63) is 24.3 Å². The summed E-state index contributed by atoms with van der Waals surface area (Å²) in [6.07, 6.45) is 5.23. The summed E-state index contributed by atoms with van der Waals surface area (Å²) < 4.78 is 5.24. The van der Waals surface area contributed by atoms with Crippen LogP contribution in [-0.2, 0) is 0 Å².